The number of quaternary nitrogens is 1. The Kier molecular flexibility index (Phi) is 5.33. The van der Waals surface area contributed by atoms with Crippen LogP contribution in [0.2, 0.25) is 0 Å². The van der Waals surface area contributed by atoms with Crippen molar-refractivity contribution in [1.29, 1.82) is 0 Å². The highest BCUT2D eigenvalue weighted by molar-refractivity contribution is 5.91. The van der Waals surface area contributed by atoms with Crippen LogP contribution < -0.4 is 10.2 Å². The number of anilines is 1. The zero-order valence-corrected chi connectivity index (χ0v) is 11.3. The lowest BCUT2D eigenvalue weighted by molar-refractivity contribution is -0.892. The lowest BCUT2D eigenvalue weighted by Crippen LogP contribution is -3.13. The molecule has 0 atom stereocenters. The van der Waals surface area contributed by atoms with E-state index >= 15 is 0 Å². The molecule has 3 nitrogen and oxygen atoms in total. The van der Waals surface area contributed by atoms with Crippen LogP contribution in [-0.2, 0) is 4.79 Å². The molecule has 1 amide bonds. The molecular weight excluding hydrogens is 243 g/mol. The van der Waals surface area contributed by atoms with E-state index in [1.54, 1.807) is 12.1 Å². The second-order valence-electron chi connectivity index (χ2n) is 5.25. The summed E-state index contributed by atoms with van der Waals surface area (Å²) in [4.78, 5) is 13.3. The SMILES string of the molecule is O=C(C[NH+]1CCCCCCC1)Nc1cccc(F)c1. The maximum atomic E-state index is 13.0. The number of hydrogen-bond donors (Lipinski definition) is 2. The van der Waals surface area contributed by atoms with Crippen molar-refractivity contribution in [1.82, 2.24) is 0 Å². The first-order valence-corrected chi connectivity index (χ1v) is 7.13. The molecule has 1 aromatic rings. The van der Waals surface area contributed by atoms with Crippen molar-refractivity contribution >= 4 is 11.6 Å². The highest BCUT2D eigenvalue weighted by Gasteiger charge is 2.15. The van der Waals surface area contributed by atoms with E-state index in [0.717, 1.165) is 13.1 Å². The number of halogens is 1. The number of carbonyl (C=O) groups is 1. The van der Waals surface area contributed by atoms with Crippen LogP contribution in [0.1, 0.15) is 32.1 Å². The minimum Gasteiger partial charge on any atom is -0.327 e. The van der Waals surface area contributed by atoms with Gasteiger partial charge in [0.25, 0.3) is 5.91 Å². The van der Waals surface area contributed by atoms with Gasteiger partial charge in [0.05, 0.1) is 13.1 Å². The highest BCUT2D eigenvalue weighted by Crippen LogP contribution is 2.08. The number of carbonyl (C=O) groups excluding carboxylic acids is 1. The quantitative estimate of drug-likeness (QED) is 0.855. The first kappa shape index (κ1) is 14.0. The van der Waals surface area contributed by atoms with Gasteiger partial charge in [-0.3, -0.25) is 4.79 Å². The van der Waals surface area contributed by atoms with Crippen LogP contribution in [0.4, 0.5) is 10.1 Å². The number of benzene rings is 1. The van der Waals surface area contributed by atoms with Crippen LogP contribution in [0.25, 0.3) is 0 Å². The minimum absolute atomic E-state index is 0.0267. The predicted octanol–water partition coefficient (Wildman–Crippen LogP) is 1.61. The van der Waals surface area contributed by atoms with Crippen LogP contribution >= 0.6 is 0 Å². The molecule has 0 aliphatic carbocycles. The minimum atomic E-state index is -0.323. The summed E-state index contributed by atoms with van der Waals surface area (Å²) in [6, 6.07) is 6.04. The third-order valence-electron chi connectivity index (χ3n) is 3.58. The van der Waals surface area contributed by atoms with Crippen LogP contribution in [0.3, 0.4) is 0 Å². The van der Waals surface area contributed by atoms with Crippen molar-refractivity contribution < 1.29 is 14.1 Å². The molecule has 0 radical (unpaired) electrons. The third-order valence-corrected chi connectivity index (χ3v) is 3.58. The summed E-state index contributed by atoms with van der Waals surface area (Å²) in [5.41, 5.74) is 0.538. The largest absolute Gasteiger partial charge is 0.327 e. The zero-order valence-electron chi connectivity index (χ0n) is 11.3. The molecule has 0 bridgehead atoms. The molecule has 1 aliphatic heterocycles. The maximum absolute atomic E-state index is 13.0. The molecule has 1 aromatic carbocycles. The summed E-state index contributed by atoms with van der Waals surface area (Å²) in [6.07, 6.45) is 6.26. The fraction of sp³-hybridized carbons (Fsp3) is 0.533. The summed E-state index contributed by atoms with van der Waals surface area (Å²) in [7, 11) is 0. The van der Waals surface area contributed by atoms with Crippen LogP contribution in [0.5, 0.6) is 0 Å². The van der Waals surface area contributed by atoms with E-state index in [1.807, 2.05) is 0 Å². The number of nitrogens with one attached hydrogen (secondary N) is 2. The molecule has 1 aliphatic rings. The highest BCUT2D eigenvalue weighted by atomic mass is 19.1. The summed E-state index contributed by atoms with van der Waals surface area (Å²) in [5.74, 6) is -0.349. The molecule has 104 valence electrons. The predicted molar refractivity (Wildman–Crippen MR) is 73.7 cm³/mol. The molecule has 2 rings (SSSR count). The fourth-order valence-electron chi connectivity index (χ4n) is 2.58. The van der Waals surface area contributed by atoms with Gasteiger partial charge in [-0.15, -0.1) is 0 Å². The van der Waals surface area contributed by atoms with Gasteiger partial charge in [-0.1, -0.05) is 12.5 Å². The number of rotatable bonds is 3. The lowest BCUT2D eigenvalue weighted by Gasteiger charge is -2.21. The second-order valence-corrected chi connectivity index (χ2v) is 5.25. The Hall–Kier alpha value is -1.42. The Balaban J connectivity index is 1.82. The average Bonchev–Trinajstić information content (AvgIpc) is 2.32. The van der Waals surface area contributed by atoms with Gasteiger partial charge < -0.3 is 10.2 Å². The summed E-state index contributed by atoms with van der Waals surface area (Å²) < 4.78 is 13.0. The molecule has 19 heavy (non-hydrogen) atoms. The molecule has 1 saturated heterocycles. The second kappa shape index (κ2) is 7.24. The van der Waals surface area contributed by atoms with Gasteiger partial charge in [-0.2, -0.15) is 0 Å². The van der Waals surface area contributed by atoms with Crippen molar-refractivity contribution in [3.8, 4) is 0 Å². The van der Waals surface area contributed by atoms with Crippen LogP contribution in [-0.4, -0.2) is 25.5 Å². The fourth-order valence-corrected chi connectivity index (χ4v) is 2.58. The molecule has 1 fully saturated rings. The van der Waals surface area contributed by atoms with E-state index in [0.29, 0.717) is 12.2 Å². The number of amides is 1. The van der Waals surface area contributed by atoms with Gasteiger partial charge in [-0.05, 0) is 43.9 Å². The van der Waals surface area contributed by atoms with Crippen LogP contribution in [0.15, 0.2) is 24.3 Å². The average molecular weight is 265 g/mol. The molecule has 2 N–H and O–H groups in total. The van der Waals surface area contributed by atoms with Crippen molar-refractivity contribution in [2.24, 2.45) is 0 Å². The van der Waals surface area contributed by atoms with Crippen molar-refractivity contribution in [2.75, 3.05) is 25.0 Å². The van der Waals surface area contributed by atoms with E-state index < -0.39 is 0 Å². The molecule has 0 spiro atoms. The Bertz CT molecular complexity index is 414. The Morgan fingerprint density at radius 3 is 2.53 bits per heavy atom. The van der Waals surface area contributed by atoms with Gasteiger partial charge in [0, 0.05) is 5.69 Å². The van der Waals surface area contributed by atoms with Crippen molar-refractivity contribution in [3.63, 3.8) is 0 Å². The molecule has 0 unspecified atom stereocenters. The standard InChI is InChI=1S/C15H21FN2O/c16-13-7-6-8-14(11-13)17-15(19)12-18-9-4-2-1-3-5-10-18/h6-8,11H,1-5,9-10,12H2,(H,17,19)/p+1. The van der Waals surface area contributed by atoms with E-state index in [2.05, 4.69) is 5.32 Å². The Labute approximate surface area is 113 Å². The summed E-state index contributed by atoms with van der Waals surface area (Å²) in [5, 5.41) is 2.77. The lowest BCUT2D eigenvalue weighted by atomic mass is 10.1. The monoisotopic (exact) mass is 265 g/mol. The summed E-state index contributed by atoms with van der Waals surface area (Å²) >= 11 is 0. The first-order chi connectivity index (χ1) is 9.24. The van der Waals surface area contributed by atoms with E-state index in [9.17, 15) is 9.18 Å². The third kappa shape index (κ3) is 4.99. The van der Waals surface area contributed by atoms with Gasteiger partial charge in [0.1, 0.15) is 5.82 Å². The van der Waals surface area contributed by atoms with Crippen LogP contribution in [0, 0.1) is 5.82 Å². The topological polar surface area (TPSA) is 33.5 Å². The zero-order chi connectivity index (χ0) is 13.5. The Morgan fingerprint density at radius 1 is 1.16 bits per heavy atom. The molecule has 1 heterocycles. The van der Waals surface area contributed by atoms with Gasteiger partial charge in [0.15, 0.2) is 6.54 Å². The molecule has 0 saturated carbocycles. The number of likely N-dealkylation sites (tertiary alicyclic amines) is 1. The first-order valence-electron chi connectivity index (χ1n) is 7.13. The number of hydrogen-bond acceptors (Lipinski definition) is 1. The van der Waals surface area contributed by atoms with Crippen molar-refractivity contribution in [3.05, 3.63) is 30.1 Å². The summed E-state index contributed by atoms with van der Waals surface area (Å²) in [6.45, 7) is 2.61. The van der Waals surface area contributed by atoms with Gasteiger partial charge in [0.2, 0.25) is 0 Å². The smallest absolute Gasteiger partial charge is 0.279 e. The molecular formula is C15H22FN2O+. The molecule has 0 aromatic heterocycles. The normalized spacial score (nSPS) is 17.5. The van der Waals surface area contributed by atoms with E-state index in [1.165, 1.54) is 49.1 Å². The van der Waals surface area contributed by atoms with E-state index in [4.69, 9.17) is 0 Å². The van der Waals surface area contributed by atoms with E-state index in [-0.39, 0.29) is 11.7 Å². The Morgan fingerprint density at radius 2 is 1.84 bits per heavy atom. The molecule has 4 heteroatoms. The van der Waals surface area contributed by atoms with Gasteiger partial charge >= 0.3 is 0 Å². The van der Waals surface area contributed by atoms with Gasteiger partial charge in [-0.25, -0.2) is 4.39 Å². The maximum Gasteiger partial charge on any atom is 0.279 e. The van der Waals surface area contributed by atoms with Crippen molar-refractivity contribution in [2.45, 2.75) is 32.1 Å².